The van der Waals surface area contributed by atoms with E-state index in [1.54, 1.807) is 11.3 Å². The van der Waals surface area contributed by atoms with E-state index >= 15 is 0 Å². The molecule has 0 N–H and O–H groups in total. The van der Waals surface area contributed by atoms with E-state index in [1.807, 2.05) is 24.3 Å². The predicted molar refractivity (Wildman–Crippen MR) is 207 cm³/mol. The van der Waals surface area contributed by atoms with Gasteiger partial charge in [0.25, 0.3) is 0 Å². The van der Waals surface area contributed by atoms with Crippen LogP contribution >= 0.6 is 11.3 Å². The minimum absolute atomic E-state index is 0.630. The highest BCUT2D eigenvalue weighted by molar-refractivity contribution is 7.25. The summed E-state index contributed by atoms with van der Waals surface area (Å²) < 4.78 is 8.64. The second-order valence-corrected chi connectivity index (χ2v) is 13.5. The molecule has 3 heterocycles. The van der Waals surface area contributed by atoms with Crippen molar-refractivity contribution < 1.29 is 4.42 Å². The second-order valence-electron chi connectivity index (χ2n) is 12.4. The van der Waals surface area contributed by atoms with Crippen molar-refractivity contribution in [3.8, 4) is 56.4 Å². The Balaban J connectivity index is 1.15. The van der Waals surface area contributed by atoms with Crippen LogP contribution in [0.2, 0.25) is 0 Å². The zero-order valence-corrected chi connectivity index (χ0v) is 27.6. The Morgan fingerprint density at radius 3 is 1.84 bits per heavy atom. The highest BCUT2D eigenvalue weighted by Crippen LogP contribution is 2.40. The maximum atomic E-state index is 6.18. The molecule has 10 rings (SSSR count). The summed E-state index contributed by atoms with van der Waals surface area (Å²) in [5.74, 6) is 1.92. The zero-order valence-electron chi connectivity index (χ0n) is 26.7. The lowest BCUT2D eigenvalue weighted by Crippen LogP contribution is -2.00. The minimum atomic E-state index is 0.630. The van der Waals surface area contributed by atoms with Gasteiger partial charge in [-0.1, -0.05) is 133 Å². The van der Waals surface area contributed by atoms with Crippen LogP contribution in [0.5, 0.6) is 0 Å². The van der Waals surface area contributed by atoms with Gasteiger partial charge in [-0.05, 0) is 52.6 Å². The quantitative estimate of drug-likeness (QED) is 0.185. The fraction of sp³-hybridized carbons (Fsp3) is 0. The number of fused-ring (bicyclic) bond motifs is 6. The van der Waals surface area contributed by atoms with Crippen LogP contribution in [-0.2, 0) is 0 Å². The van der Waals surface area contributed by atoms with Crippen LogP contribution in [0.3, 0.4) is 0 Å². The van der Waals surface area contributed by atoms with Gasteiger partial charge >= 0.3 is 0 Å². The monoisotopic (exact) mass is 657 g/mol. The molecule has 7 aromatic carbocycles. The predicted octanol–water partition coefficient (Wildman–Crippen LogP) is 12.5. The molecule has 0 aliphatic rings. The van der Waals surface area contributed by atoms with Gasteiger partial charge in [0.1, 0.15) is 11.2 Å². The van der Waals surface area contributed by atoms with Crippen LogP contribution in [0.4, 0.5) is 0 Å². The van der Waals surface area contributed by atoms with Crippen molar-refractivity contribution in [2.75, 3.05) is 0 Å². The molecule has 0 aliphatic heterocycles. The van der Waals surface area contributed by atoms with Gasteiger partial charge < -0.3 is 4.42 Å². The van der Waals surface area contributed by atoms with Crippen LogP contribution in [0.25, 0.3) is 98.5 Å². The molecular weight excluding hydrogens is 631 g/mol. The molecule has 0 radical (unpaired) electrons. The third-order valence-corrected chi connectivity index (χ3v) is 10.5. The third kappa shape index (κ3) is 4.79. The summed E-state index contributed by atoms with van der Waals surface area (Å²) in [6.07, 6.45) is 0. The van der Waals surface area contributed by atoms with E-state index in [0.717, 1.165) is 60.9 Å². The Morgan fingerprint density at radius 2 is 0.960 bits per heavy atom. The number of aromatic nitrogens is 3. The minimum Gasteiger partial charge on any atom is -0.456 e. The topological polar surface area (TPSA) is 51.8 Å². The zero-order chi connectivity index (χ0) is 33.0. The number of para-hydroxylation sites is 1. The molecule has 50 heavy (non-hydrogen) atoms. The summed E-state index contributed by atoms with van der Waals surface area (Å²) in [4.78, 5) is 15.4. The molecule has 10 aromatic rings. The molecular formula is C45H27N3OS. The van der Waals surface area contributed by atoms with Gasteiger partial charge in [0.05, 0.1) is 0 Å². The molecule has 0 unspecified atom stereocenters. The summed E-state index contributed by atoms with van der Waals surface area (Å²) in [7, 11) is 0. The molecule has 0 saturated carbocycles. The molecule has 0 amide bonds. The number of thiophene rings is 1. The summed E-state index contributed by atoms with van der Waals surface area (Å²) in [6.45, 7) is 0. The molecule has 0 fully saturated rings. The molecule has 3 aromatic heterocycles. The lowest BCUT2D eigenvalue weighted by molar-refractivity contribution is 0.669. The Bertz CT molecular complexity index is 2870. The van der Waals surface area contributed by atoms with Crippen LogP contribution in [0.15, 0.2) is 168 Å². The van der Waals surface area contributed by atoms with E-state index in [0.29, 0.717) is 17.5 Å². The normalized spacial score (nSPS) is 11.6. The van der Waals surface area contributed by atoms with Crippen LogP contribution in [-0.4, -0.2) is 15.0 Å². The third-order valence-electron chi connectivity index (χ3n) is 9.36. The van der Waals surface area contributed by atoms with Gasteiger partial charge in [0.2, 0.25) is 0 Å². The lowest BCUT2D eigenvalue weighted by atomic mass is 9.98. The molecule has 0 saturated heterocycles. The van der Waals surface area contributed by atoms with E-state index in [-0.39, 0.29) is 0 Å². The van der Waals surface area contributed by atoms with Crippen molar-refractivity contribution in [3.63, 3.8) is 0 Å². The standard InChI is InChI=1S/C45H27N3OS/c1-2-11-28(12-3-1)31-13-8-14-32(27-31)44-46-43(47-45(48-44)36-18-10-22-40-42(36)35-16-5-7-21-39(35)50-40)30-25-23-29(24-26-30)33-17-9-20-38-41(33)34-15-4-6-19-37(34)49-38/h1-27H. The number of hydrogen-bond donors (Lipinski definition) is 0. The molecule has 5 heteroatoms. The number of hydrogen-bond acceptors (Lipinski definition) is 5. The first kappa shape index (κ1) is 28.6. The Labute approximate surface area is 292 Å². The molecule has 4 nitrogen and oxygen atoms in total. The van der Waals surface area contributed by atoms with Crippen molar-refractivity contribution in [1.82, 2.24) is 15.0 Å². The smallest absolute Gasteiger partial charge is 0.164 e. The van der Waals surface area contributed by atoms with Gasteiger partial charge in [-0.25, -0.2) is 15.0 Å². The van der Waals surface area contributed by atoms with Gasteiger partial charge in [-0.15, -0.1) is 11.3 Å². The summed E-state index contributed by atoms with van der Waals surface area (Å²) in [5.41, 5.74) is 9.12. The van der Waals surface area contributed by atoms with Crippen molar-refractivity contribution >= 4 is 53.4 Å². The van der Waals surface area contributed by atoms with Crippen molar-refractivity contribution in [3.05, 3.63) is 164 Å². The van der Waals surface area contributed by atoms with E-state index < -0.39 is 0 Å². The summed E-state index contributed by atoms with van der Waals surface area (Å²) in [6, 6.07) is 56.8. The van der Waals surface area contributed by atoms with Gasteiger partial charge in [-0.3, -0.25) is 0 Å². The van der Waals surface area contributed by atoms with Crippen LogP contribution in [0.1, 0.15) is 0 Å². The molecule has 0 atom stereocenters. The highest BCUT2D eigenvalue weighted by atomic mass is 32.1. The first-order valence-electron chi connectivity index (χ1n) is 16.6. The van der Waals surface area contributed by atoms with Gasteiger partial charge in [0.15, 0.2) is 17.5 Å². The number of nitrogens with zero attached hydrogens (tertiary/aromatic N) is 3. The summed E-state index contributed by atoms with van der Waals surface area (Å²) in [5, 5.41) is 4.62. The molecule has 0 spiro atoms. The van der Waals surface area contributed by atoms with Crippen molar-refractivity contribution in [2.45, 2.75) is 0 Å². The maximum Gasteiger partial charge on any atom is 0.164 e. The van der Waals surface area contributed by atoms with Gasteiger partial charge in [0, 0.05) is 47.6 Å². The number of furan rings is 1. The van der Waals surface area contributed by atoms with E-state index in [1.165, 1.54) is 20.2 Å². The summed E-state index contributed by atoms with van der Waals surface area (Å²) >= 11 is 1.79. The van der Waals surface area contributed by atoms with E-state index in [9.17, 15) is 0 Å². The molecule has 0 bridgehead atoms. The first-order chi connectivity index (χ1) is 24.8. The van der Waals surface area contributed by atoms with E-state index in [2.05, 4.69) is 140 Å². The van der Waals surface area contributed by atoms with Crippen molar-refractivity contribution in [2.24, 2.45) is 0 Å². The van der Waals surface area contributed by atoms with Crippen LogP contribution < -0.4 is 0 Å². The number of benzene rings is 7. The molecule has 0 aliphatic carbocycles. The SMILES string of the molecule is c1ccc(-c2cccc(-c3nc(-c4ccc(-c5cccc6oc7ccccc7c56)cc4)nc(-c4cccc5sc6ccccc6c45)n3)c2)cc1. The number of rotatable bonds is 5. The second kappa shape index (κ2) is 11.6. The lowest BCUT2D eigenvalue weighted by Gasteiger charge is -2.11. The molecule has 234 valence electrons. The average Bonchev–Trinajstić information content (AvgIpc) is 3.77. The Morgan fingerprint density at radius 1 is 0.360 bits per heavy atom. The first-order valence-corrected chi connectivity index (χ1v) is 17.4. The van der Waals surface area contributed by atoms with Gasteiger partial charge in [-0.2, -0.15) is 0 Å². The fourth-order valence-electron chi connectivity index (χ4n) is 7.00. The van der Waals surface area contributed by atoms with Crippen molar-refractivity contribution in [1.29, 1.82) is 0 Å². The van der Waals surface area contributed by atoms with E-state index in [4.69, 9.17) is 19.4 Å². The average molecular weight is 658 g/mol. The maximum absolute atomic E-state index is 6.18. The van der Waals surface area contributed by atoms with Crippen LogP contribution in [0, 0.1) is 0 Å². The largest absolute Gasteiger partial charge is 0.456 e. The Hall–Kier alpha value is -6.43. The highest BCUT2D eigenvalue weighted by Gasteiger charge is 2.18. The fourth-order valence-corrected chi connectivity index (χ4v) is 8.13. The Kier molecular flexibility index (Phi) is 6.64.